The molecule has 0 radical (unpaired) electrons. The first-order valence-corrected chi connectivity index (χ1v) is 6.13. The maximum absolute atomic E-state index is 12.2. The topological polar surface area (TPSA) is 71.3 Å². The lowest BCUT2D eigenvalue weighted by molar-refractivity contribution is -0.136. The Kier molecular flexibility index (Phi) is 2.80. The van der Waals surface area contributed by atoms with Gasteiger partial charge >= 0.3 is 0 Å². The second kappa shape index (κ2) is 4.44. The Hall–Kier alpha value is -1.43. The van der Waals surface area contributed by atoms with Crippen molar-refractivity contribution in [1.82, 2.24) is 20.4 Å². The Morgan fingerprint density at radius 1 is 1.47 bits per heavy atom. The Labute approximate surface area is 99.4 Å². The summed E-state index contributed by atoms with van der Waals surface area (Å²) in [7, 11) is 0. The molecule has 2 heterocycles. The molecule has 0 bridgehead atoms. The van der Waals surface area contributed by atoms with Crippen LogP contribution in [0.2, 0.25) is 0 Å². The van der Waals surface area contributed by atoms with Crippen molar-refractivity contribution in [2.75, 3.05) is 6.54 Å². The van der Waals surface area contributed by atoms with Gasteiger partial charge in [-0.05, 0) is 25.7 Å². The zero-order valence-electron chi connectivity index (χ0n) is 9.63. The Balaban J connectivity index is 1.61. The molecule has 0 aromatic carbocycles. The average molecular weight is 236 g/mol. The number of amides is 1. The van der Waals surface area contributed by atoms with E-state index in [1.54, 1.807) is 0 Å². The largest absolute Gasteiger partial charge is 0.343 e. The van der Waals surface area contributed by atoms with Crippen molar-refractivity contribution in [2.45, 2.75) is 44.3 Å². The highest BCUT2D eigenvalue weighted by Crippen LogP contribution is 2.22. The molecule has 1 amide bonds. The van der Waals surface area contributed by atoms with Gasteiger partial charge in [0.2, 0.25) is 12.3 Å². The van der Waals surface area contributed by atoms with Crippen molar-refractivity contribution in [3.63, 3.8) is 0 Å². The van der Waals surface area contributed by atoms with Crippen LogP contribution in [0.25, 0.3) is 0 Å². The van der Waals surface area contributed by atoms with Crippen LogP contribution >= 0.6 is 0 Å². The number of carbonyl (C=O) groups is 1. The molecule has 17 heavy (non-hydrogen) atoms. The van der Waals surface area contributed by atoms with E-state index in [4.69, 9.17) is 0 Å². The molecule has 1 atom stereocenters. The van der Waals surface area contributed by atoms with Gasteiger partial charge < -0.3 is 14.7 Å². The number of carbonyl (C=O) groups excluding carboxylic acids is 1. The van der Waals surface area contributed by atoms with Crippen LogP contribution in [-0.2, 0) is 11.3 Å². The molecular weight excluding hydrogens is 220 g/mol. The molecular formula is C11H16N4O2. The van der Waals surface area contributed by atoms with Gasteiger partial charge in [-0.3, -0.25) is 4.79 Å². The summed E-state index contributed by atoms with van der Waals surface area (Å²) in [6.45, 7) is 1.24. The fraction of sp³-hybridized carbons (Fsp3) is 0.727. The third-order valence-corrected chi connectivity index (χ3v) is 3.28. The van der Waals surface area contributed by atoms with Crippen LogP contribution in [0.1, 0.15) is 31.5 Å². The highest BCUT2D eigenvalue weighted by molar-refractivity contribution is 5.82. The average Bonchev–Trinajstić information content (AvgIpc) is 2.99. The van der Waals surface area contributed by atoms with Gasteiger partial charge in [-0.25, -0.2) is 0 Å². The van der Waals surface area contributed by atoms with Gasteiger partial charge in [0, 0.05) is 12.6 Å². The number of nitrogens with zero attached hydrogens (tertiary/aromatic N) is 3. The van der Waals surface area contributed by atoms with E-state index in [1.165, 1.54) is 19.2 Å². The maximum Gasteiger partial charge on any atom is 0.240 e. The predicted molar refractivity (Wildman–Crippen MR) is 58.9 cm³/mol. The lowest BCUT2D eigenvalue weighted by atomic mass is 10.0. The molecule has 1 saturated carbocycles. The van der Waals surface area contributed by atoms with E-state index >= 15 is 0 Å². The predicted octanol–water partition coefficient (Wildman–Crippen LogP) is 0.313. The van der Waals surface area contributed by atoms with Crippen LogP contribution in [0.3, 0.4) is 0 Å². The van der Waals surface area contributed by atoms with Crippen LogP contribution < -0.4 is 5.32 Å². The standard InChI is InChI=1S/C11H16N4O2/c16-11-9(13-8-3-4-8)2-1-5-15(11)6-10-12-7-17-14-10/h7-9,13H,1-6H2. The summed E-state index contributed by atoms with van der Waals surface area (Å²) < 4.78 is 4.68. The summed E-state index contributed by atoms with van der Waals surface area (Å²) >= 11 is 0. The summed E-state index contributed by atoms with van der Waals surface area (Å²) in [4.78, 5) is 18.0. The lowest BCUT2D eigenvalue weighted by Gasteiger charge is -2.32. The van der Waals surface area contributed by atoms with E-state index in [1.807, 2.05) is 4.90 Å². The van der Waals surface area contributed by atoms with Gasteiger partial charge in [-0.15, -0.1) is 0 Å². The normalized spacial score (nSPS) is 25.3. The highest BCUT2D eigenvalue weighted by atomic mass is 16.5. The van der Waals surface area contributed by atoms with E-state index in [2.05, 4.69) is 20.0 Å². The van der Waals surface area contributed by atoms with E-state index < -0.39 is 0 Å². The first-order chi connectivity index (χ1) is 8.33. The van der Waals surface area contributed by atoms with Crippen molar-refractivity contribution in [1.29, 1.82) is 0 Å². The molecule has 1 saturated heterocycles. The number of hydrogen-bond donors (Lipinski definition) is 1. The monoisotopic (exact) mass is 236 g/mol. The molecule has 1 aromatic rings. The van der Waals surface area contributed by atoms with Crippen molar-refractivity contribution < 1.29 is 9.32 Å². The number of piperidine rings is 1. The molecule has 3 rings (SSSR count). The smallest absolute Gasteiger partial charge is 0.240 e. The van der Waals surface area contributed by atoms with E-state index in [0.29, 0.717) is 18.4 Å². The first kappa shape index (κ1) is 10.7. The van der Waals surface area contributed by atoms with Crippen LogP contribution in [0.5, 0.6) is 0 Å². The van der Waals surface area contributed by atoms with Gasteiger partial charge in [-0.1, -0.05) is 5.16 Å². The number of aromatic nitrogens is 2. The molecule has 2 fully saturated rings. The van der Waals surface area contributed by atoms with Crippen molar-refractivity contribution in [2.24, 2.45) is 0 Å². The van der Waals surface area contributed by atoms with Crippen LogP contribution in [0.15, 0.2) is 10.9 Å². The summed E-state index contributed by atoms with van der Waals surface area (Å²) in [5.74, 6) is 0.748. The van der Waals surface area contributed by atoms with Gasteiger partial charge in [0.1, 0.15) is 0 Å². The molecule has 1 aliphatic heterocycles. The molecule has 1 aliphatic carbocycles. The van der Waals surface area contributed by atoms with Crippen LogP contribution in [0.4, 0.5) is 0 Å². The molecule has 6 nitrogen and oxygen atoms in total. The summed E-state index contributed by atoms with van der Waals surface area (Å²) in [5.41, 5.74) is 0. The SMILES string of the molecule is O=C1C(NC2CC2)CCCN1Cc1ncon1. The Bertz CT molecular complexity index is 388. The van der Waals surface area contributed by atoms with Gasteiger partial charge in [0.25, 0.3) is 0 Å². The summed E-state index contributed by atoms with van der Waals surface area (Å²) in [6.07, 6.45) is 5.68. The van der Waals surface area contributed by atoms with Crippen molar-refractivity contribution >= 4 is 5.91 Å². The summed E-state index contributed by atoms with van der Waals surface area (Å²) in [6, 6.07) is 0.553. The minimum atomic E-state index is -0.0110. The molecule has 1 unspecified atom stereocenters. The van der Waals surface area contributed by atoms with Gasteiger partial charge in [-0.2, -0.15) is 4.98 Å². The molecule has 2 aliphatic rings. The van der Waals surface area contributed by atoms with Crippen molar-refractivity contribution in [3.8, 4) is 0 Å². The van der Waals surface area contributed by atoms with E-state index in [9.17, 15) is 4.79 Å². The van der Waals surface area contributed by atoms with Crippen LogP contribution in [-0.4, -0.2) is 39.6 Å². The van der Waals surface area contributed by atoms with Crippen LogP contribution in [0, 0.1) is 0 Å². The zero-order chi connectivity index (χ0) is 11.7. The minimum absolute atomic E-state index is 0.0110. The zero-order valence-corrected chi connectivity index (χ0v) is 9.63. The highest BCUT2D eigenvalue weighted by Gasteiger charge is 2.33. The number of nitrogens with one attached hydrogen (secondary N) is 1. The number of likely N-dealkylation sites (tertiary alicyclic amines) is 1. The minimum Gasteiger partial charge on any atom is -0.343 e. The quantitative estimate of drug-likeness (QED) is 0.814. The third kappa shape index (κ3) is 2.46. The van der Waals surface area contributed by atoms with E-state index in [0.717, 1.165) is 19.4 Å². The Morgan fingerprint density at radius 3 is 3.06 bits per heavy atom. The van der Waals surface area contributed by atoms with E-state index in [-0.39, 0.29) is 11.9 Å². The lowest BCUT2D eigenvalue weighted by Crippen LogP contribution is -2.50. The number of rotatable bonds is 4. The summed E-state index contributed by atoms with van der Waals surface area (Å²) in [5, 5.41) is 7.14. The molecule has 1 N–H and O–H groups in total. The Morgan fingerprint density at radius 2 is 2.35 bits per heavy atom. The fourth-order valence-electron chi connectivity index (χ4n) is 2.22. The van der Waals surface area contributed by atoms with Gasteiger partial charge in [0.05, 0.1) is 12.6 Å². The molecule has 1 aromatic heterocycles. The molecule has 92 valence electrons. The molecule has 0 spiro atoms. The molecule has 6 heteroatoms. The maximum atomic E-state index is 12.2. The van der Waals surface area contributed by atoms with Gasteiger partial charge in [0.15, 0.2) is 5.82 Å². The second-order valence-corrected chi connectivity index (χ2v) is 4.74. The van der Waals surface area contributed by atoms with Crippen molar-refractivity contribution in [3.05, 3.63) is 12.2 Å². The second-order valence-electron chi connectivity index (χ2n) is 4.74. The number of hydrogen-bond acceptors (Lipinski definition) is 5. The first-order valence-electron chi connectivity index (χ1n) is 6.13. The fourth-order valence-corrected chi connectivity index (χ4v) is 2.22. The third-order valence-electron chi connectivity index (χ3n) is 3.28.